The predicted octanol–water partition coefficient (Wildman–Crippen LogP) is 2.08. The van der Waals surface area contributed by atoms with Crippen molar-refractivity contribution in [2.75, 3.05) is 0 Å². The number of aliphatic carboxylic acids is 1. The molecule has 0 bridgehead atoms. The topological polar surface area (TPSA) is 80.9 Å². The molecule has 0 amide bonds. The fourth-order valence-corrected chi connectivity index (χ4v) is 2.50. The minimum Gasteiger partial charge on any atom is -0.481 e. The first kappa shape index (κ1) is 13.7. The maximum Gasteiger partial charge on any atom is 0.314 e. The quantitative estimate of drug-likeness (QED) is 0.934. The molecule has 1 aliphatic carbocycles. The molecule has 1 aliphatic rings. The number of carbonyl (C=O) groups is 1. The first-order valence-corrected chi connectivity index (χ1v) is 6.98. The monoisotopic (exact) mass is 286 g/mol. The smallest absolute Gasteiger partial charge is 0.314 e. The molecule has 0 unspecified atom stereocenters. The van der Waals surface area contributed by atoms with Crippen LogP contribution in [0.25, 0.3) is 5.69 Å². The minimum absolute atomic E-state index is 0.166. The molecule has 110 valence electrons. The van der Waals surface area contributed by atoms with Gasteiger partial charge in [0.25, 0.3) is 0 Å². The first-order chi connectivity index (χ1) is 9.84. The van der Waals surface area contributed by atoms with Crippen molar-refractivity contribution >= 4 is 5.97 Å². The largest absolute Gasteiger partial charge is 0.481 e. The Morgan fingerprint density at radius 1 is 1.24 bits per heavy atom. The van der Waals surface area contributed by atoms with Gasteiger partial charge in [0.1, 0.15) is 0 Å². The molecule has 0 radical (unpaired) electrons. The van der Waals surface area contributed by atoms with Crippen LogP contribution in [-0.2, 0) is 15.6 Å². The number of aromatic nitrogens is 4. The normalized spacial score (nSPS) is 16.7. The summed E-state index contributed by atoms with van der Waals surface area (Å²) in [5.74, 6) is 0.0303. The van der Waals surface area contributed by atoms with Gasteiger partial charge in [-0.2, -0.15) is 4.68 Å². The summed E-state index contributed by atoms with van der Waals surface area (Å²) in [4.78, 5) is 11.3. The number of carboxylic acids is 1. The van der Waals surface area contributed by atoms with E-state index in [0.29, 0.717) is 12.8 Å². The maximum absolute atomic E-state index is 11.3. The van der Waals surface area contributed by atoms with Gasteiger partial charge in [-0.05, 0) is 41.0 Å². The molecule has 0 saturated heterocycles. The summed E-state index contributed by atoms with van der Waals surface area (Å²) in [5.41, 5.74) is 0.853. The Kier molecular flexibility index (Phi) is 2.86. The maximum atomic E-state index is 11.3. The van der Waals surface area contributed by atoms with Crippen LogP contribution in [0.2, 0.25) is 0 Å². The molecular weight excluding hydrogens is 268 g/mol. The van der Waals surface area contributed by atoms with Crippen LogP contribution in [0.3, 0.4) is 0 Å². The van der Waals surface area contributed by atoms with Crippen molar-refractivity contribution in [1.82, 2.24) is 20.2 Å². The highest BCUT2D eigenvalue weighted by Crippen LogP contribution is 2.48. The summed E-state index contributed by atoms with van der Waals surface area (Å²) in [6.07, 6.45) is 1.42. The number of hydrogen-bond acceptors (Lipinski definition) is 4. The number of hydrogen-bond donors (Lipinski definition) is 1. The summed E-state index contributed by atoms with van der Waals surface area (Å²) in [5, 5.41) is 21.2. The second-order valence-corrected chi connectivity index (χ2v) is 6.60. The van der Waals surface area contributed by atoms with Crippen molar-refractivity contribution in [3.8, 4) is 5.69 Å². The van der Waals surface area contributed by atoms with Crippen molar-refractivity contribution in [3.63, 3.8) is 0 Å². The summed E-state index contributed by atoms with van der Waals surface area (Å²) in [6.45, 7) is 6.15. The molecular formula is C15H18N4O2. The molecule has 0 spiro atoms. The molecule has 6 heteroatoms. The van der Waals surface area contributed by atoms with Gasteiger partial charge >= 0.3 is 5.97 Å². The van der Waals surface area contributed by atoms with Crippen molar-refractivity contribution in [3.05, 3.63) is 35.7 Å². The van der Waals surface area contributed by atoms with Crippen LogP contribution in [0.5, 0.6) is 0 Å². The first-order valence-electron chi connectivity index (χ1n) is 6.98. The lowest BCUT2D eigenvalue weighted by molar-refractivity contribution is -0.140. The van der Waals surface area contributed by atoms with E-state index >= 15 is 0 Å². The highest BCUT2D eigenvalue weighted by molar-refractivity contribution is 5.84. The molecule has 0 atom stereocenters. The SMILES string of the molecule is CC(C)(C)c1nnnn1-c1ccc(C2(C(=O)O)CC2)cc1. The second-order valence-electron chi connectivity index (χ2n) is 6.60. The molecule has 1 heterocycles. The molecule has 2 aromatic rings. The van der Waals surface area contributed by atoms with E-state index in [0.717, 1.165) is 17.1 Å². The fraction of sp³-hybridized carbons (Fsp3) is 0.467. The van der Waals surface area contributed by atoms with Crippen molar-refractivity contribution in [2.24, 2.45) is 0 Å². The van der Waals surface area contributed by atoms with E-state index in [-0.39, 0.29) is 5.41 Å². The van der Waals surface area contributed by atoms with Crippen molar-refractivity contribution < 1.29 is 9.90 Å². The van der Waals surface area contributed by atoms with Crippen LogP contribution in [0.4, 0.5) is 0 Å². The van der Waals surface area contributed by atoms with E-state index in [9.17, 15) is 9.90 Å². The van der Waals surface area contributed by atoms with E-state index in [2.05, 4.69) is 15.5 Å². The third-order valence-corrected chi connectivity index (χ3v) is 3.96. The van der Waals surface area contributed by atoms with E-state index in [1.807, 2.05) is 45.0 Å². The van der Waals surface area contributed by atoms with Crippen LogP contribution in [-0.4, -0.2) is 31.3 Å². The lowest BCUT2D eigenvalue weighted by atomic mass is 9.95. The lowest BCUT2D eigenvalue weighted by Gasteiger charge is -2.17. The molecule has 1 aromatic heterocycles. The molecule has 21 heavy (non-hydrogen) atoms. The summed E-state index contributed by atoms with van der Waals surface area (Å²) in [7, 11) is 0. The zero-order chi connectivity index (χ0) is 15.3. The van der Waals surface area contributed by atoms with Gasteiger partial charge in [-0.1, -0.05) is 32.9 Å². The molecule has 1 fully saturated rings. The standard InChI is InChI=1S/C15H18N4O2/c1-14(2,3)12-16-17-18-19(12)11-6-4-10(5-7-11)15(8-9-15)13(20)21/h4-7H,8-9H2,1-3H3,(H,20,21). The Morgan fingerprint density at radius 3 is 2.33 bits per heavy atom. The van der Waals surface area contributed by atoms with Gasteiger partial charge in [-0.25, -0.2) is 0 Å². The molecule has 3 rings (SSSR count). The second kappa shape index (κ2) is 4.38. The third-order valence-electron chi connectivity index (χ3n) is 3.96. The number of tetrazole rings is 1. The third kappa shape index (κ3) is 2.20. The zero-order valence-corrected chi connectivity index (χ0v) is 12.4. The Balaban J connectivity index is 1.96. The van der Waals surface area contributed by atoms with Crippen LogP contribution >= 0.6 is 0 Å². The molecule has 0 aliphatic heterocycles. The Bertz CT molecular complexity index is 678. The molecule has 1 saturated carbocycles. The molecule has 6 nitrogen and oxygen atoms in total. The van der Waals surface area contributed by atoms with Crippen LogP contribution in [0.1, 0.15) is 45.0 Å². The van der Waals surface area contributed by atoms with E-state index in [1.54, 1.807) is 4.68 Å². The summed E-state index contributed by atoms with van der Waals surface area (Å²) < 4.78 is 1.70. The number of benzene rings is 1. The Hall–Kier alpha value is -2.24. The van der Waals surface area contributed by atoms with Gasteiger partial charge in [0, 0.05) is 5.41 Å². The number of rotatable bonds is 3. The van der Waals surface area contributed by atoms with Gasteiger partial charge in [-0.3, -0.25) is 4.79 Å². The van der Waals surface area contributed by atoms with Gasteiger partial charge in [0.05, 0.1) is 11.1 Å². The number of nitrogens with zero attached hydrogens (tertiary/aromatic N) is 4. The predicted molar refractivity (Wildman–Crippen MR) is 76.4 cm³/mol. The Labute approximate surface area is 122 Å². The average Bonchev–Trinajstić information content (AvgIpc) is 3.08. The minimum atomic E-state index is -0.743. The van der Waals surface area contributed by atoms with Crippen LogP contribution < -0.4 is 0 Å². The van der Waals surface area contributed by atoms with Gasteiger partial charge < -0.3 is 5.11 Å². The fourth-order valence-electron chi connectivity index (χ4n) is 2.50. The van der Waals surface area contributed by atoms with Gasteiger partial charge in [0.2, 0.25) is 0 Å². The highest BCUT2D eigenvalue weighted by Gasteiger charge is 2.51. The van der Waals surface area contributed by atoms with E-state index in [4.69, 9.17) is 0 Å². The summed E-state index contributed by atoms with van der Waals surface area (Å²) in [6, 6.07) is 7.49. The Morgan fingerprint density at radius 2 is 1.86 bits per heavy atom. The average molecular weight is 286 g/mol. The summed E-state index contributed by atoms with van der Waals surface area (Å²) >= 11 is 0. The zero-order valence-electron chi connectivity index (χ0n) is 12.4. The van der Waals surface area contributed by atoms with Crippen molar-refractivity contribution in [1.29, 1.82) is 0 Å². The van der Waals surface area contributed by atoms with E-state index in [1.165, 1.54) is 0 Å². The van der Waals surface area contributed by atoms with E-state index < -0.39 is 11.4 Å². The molecule has 1 aromatic carbocycles. The highest BCUT2D eigenvalue weighted by atomic mass is 16.4. The van der Waals surface area contributed by atoms with Gasteiger partial charge in [0.15, 0.2) is 5.82 Å². The lowest BCUT2D eigenvalue weighted by Crippen LogP contribution is -2.20. The van der Waals surface area contributed by atoms with Crippen molar-refractivity contribution in [2.45, 2.75) is 44.4 Å². The molecule has 1 N–H and O–H groups in total. The van der Waals surface area contributed by atoms with Gasteiger partial charge in [-0.15, -0.1) is 5.10 Å². The van der Waals surface area contributed by atoms with Crippen LogP contribution in [0, 0.1) is 0 Å². The number of carboxylic acid groups (broad SMARTS) is 1. The van der Waals surface area contributed by atoms with Crippen LogP contribution in [0.15, 0.2) is 24.3 Å².